The van der Waals surface area contributed by atoms with Gasteiger partial charge in [0.2, 0.25) is 0 Å². The van der Waals surface area contributed by atoms with Gasteiger partial charge in [0.25, 0.3) is 0 Å². The summed E-state index contributed by atoms with van der Waals surface area (Å²) in [6.07, 6.45) is 6.90. The Morgan fingerprint density at radius 2 is 2.12 bits per heavy atom. The van der Waals surface area contributed by atoms with Crippen LogP contribution in [0.25, 0.3) is 0 Å². The molecule has 0 radical (unpaired) electrons. The van der Waals surface area contributed by atoms with E-state index in [1.807, 2.05) is 23.0 Å². The van der Waals surface area contributed by atoms with Crippen LogP contribution < -0.4 is 4.74 Å². The Bertz CT molecular complexity index is 728. The van der Waals surface area contributed by atoms with E-state index in [0.29, 0.717) is 13.2 Å². The van der Waals surface area contributed by atoms with Crippen LogP contribution in [0.4, 0.5) is 0 Å². The molecule has 1 aliphatic rings. The van der Waals surface area contributed by atoms with Gasteiger partial charge < -0.3 is 9.84 Å². The molecule has 5 nitrogen and oxygen atoms in total. The smallest absolute Gasteiger partial charge is 0.119 e. The molecular weight excluding hydrogens is 326 g/mol. The van der Waals surface area contributed by atoms with Gasteiger partial charge in [-0.05, 0) is 62.9 Å². The first-order chi connectivity index (χ1) is 12.5. The van der Waals surface area contributed by atoms with Crippen LogP contribution in [-0.4, -0.2) is 45.1 Å². The van der Waals surface area contributed by atoms with Crippen molar-refractivity contribution < 1.29 is 9.84 Å². The number of likely N-dealkylation sites (tertiary alicyclic amines) is 1. The molecule has 2 aromatic rings. The topological polar surface area (TPSA) is 50.5 Å². The van der Waals surface area contributed by atoms with E-state index < -0.39 is 5.60 Å². The molecule has 3 rings (SSSR count). The third-order valence-electron chi connectivity index (χ3n) is 5.17. The molecule has 0 saturated carbocycles. The number of β-amino-alcohol motifs (C(OH)–C–C–N with tert-alkyl or cyclic N) is 1. The van der Waals surface area contributed by atoms with Crippen molar-refractivity contribution in [1.29, 1.82) is 0 Å². The maximum atomic E-state index is 11.0. The predicted molar refractivity (Wildman–Crippen MR) is 103 cm³/mol. The molecule has 1 aromatic carbocycles. The Hall–Kier alpha value is -1.85. The van der Waals surface area contributed by atoms with Crippen LogP contribution in [0.2, 0.25) is 0 Å². The molecule has 1 aliphatic heterocycles. The normalized spacial score (nSPS) is 21.1. The van der Waals surface area contributed by atoms with Crippen molar-refractivity contribution in [3.8, 4) is 5.75 Å². The largest absolute Gasteiger partial charge is 0.491 e. The van der Waals surface area contributed by atoms with Gasteiger partial charge >= 0.3 is 0 Å². The van der Waals surface area contributed by atoms with Gasteiger partial charge in [0.15, 0.2) is 0 Å². The molecule has 2 heterocycles. The van der Waals surface area contributed by atoms with Crippen molar-refractivity contribution >= 4 is 0 Å². The van der Waals surface area contributed by atoms with E-state index in [1.165, 1.54) is 16.7 Å². The average molecular weight is 357 g/mol. The number of hydrogen-bond donors (Lipinski definition) is 1. The number of rotatable bonds is 7. The highest BCUT2D eigenvalue weighted by Crippen LogP contribution is 2.25. The van der Waals surface area contributed by atoms with Crippen molar-refractivity contribution in [2.45, 2.75) is 58.7 Å². The second kappa shape index (κ2) is 8.23. The highest BCUT2D eigenvalue weighted by molar-refractivity contribution is 5.33. The molecule has 1 aromatic heterocycles. The zero-order chi connectivity index (χ0) is 18.6. The quantitative estimate of drug-likeness (QED) is 0.826. The molecule has 142 valence electrons. The zero-order valence-corrected chi connectivity index (χ0v) is 16.2. The van der Waals surface area contributed by atoms with E-state index in [1.54, 1.807) is 0 Å². The van der Waals surface area contributed by atoms with E-state index in [2.05, 4.69) is 43.0 Å². The lowest BCUT2D eigenvalue weighted by molar-refractivity contribution is -0.0621. The lowest BCUT2D eigenvalue weighted by Crippen LogP contribution is -2.51. The van der Waals surface area contributed by atoms with Gasteiger partial charge in [-0.25, -0.2) is 0 Å². The second-order valence-corrected chi connectivity index (χ2v) is 7.68. The van der Waals surface area contributed by atoms with Crippen molar-refractivity contribution in [3.05, 3.63) is 47.3 Å². The first-order valence-electron chi connectivity index (χ1n) is 9.63. The Labute approximate surface area is 156 Å². The van der Waals surface area contributed by atoms with Crippen LogP contribution in [0.15, 0.2) is 30.6 Å². The number of aromatic nitrogens is 2. The summed E-state index contributed by atoms with van der Waals surface area (Å²) in [4.78, 5) is 2.31. The lowest BCUT2D eigenvalue weighted by Gasteiger charge is -2.38. The minimum absolute atomic E-state index is 0.334. The lowest BCUT2D eigenvalue weighted by atomic mass is 9.93. The SMILES string of the molecule is CCCn1cc(CN2CCC[C@@](O)(COc3ccc(C)c(C)c3)C2)cn1. The van der Waals surface area contributed by atoms with Crippen molar-refractivity contribution in [2.24, 2.45) is 0 Å². The van der Waals surface area contributed by atoms with Crippen molar-refractivity contribution in [1.82, 2.24) is 14.7 Å². The van der Waals surface area contributed by atoms with Gasteiger partial charge in [0.1, 0.15) is 18.0 Å². The van der Waals surface area contributed by atoms with Crippen molar-refractivity contribution in [3.63, 3.8) is 0 Å². The molecular formula is C21H31N3O2. The number of nitrogens with zero attached hydrogens (tertiary/aromatic N) is 3. The summed E-state index contributed by atoms with van der Waals surface area (Å²) in [5.41, 5.74) is 2.88. The molecule has 0 amide bonds. The first kappa shape index (κ1) is 18.9. The van der Waals surface area contributed by atoms with E-state index in [4.69, 9.17) is 4.74 Å². The van der Waals surface area contributed by atoms with Crippen LogP contribution in [0.3, 0.4) is 0 Å². The molecule has 0 spiro atoms. The number of benzene rings is 1. The van der Waals surface area contributed by atoms with Gasteiger partial charge in [-0.2, -0.15) is 5.10 Å². The fraction of sp³-hybridized carbons (Fsp3) is 0.571. The third-order valence-corrected chi connectivity index (χ3v) is 5.17. The van der Waals surface area contributed by atoms with Gasteiger partial charge in [0.05, 0.1) is 6.20 Å². The summed E-state index contributed by atoms with van der Waals surface area (Å²) < 4.78 is 7.92. The van der Waals surface area contributed by atoms with Crippen LogP contribution >= 0.6 is 0 Å². The number of ether oxygens (including phenoxy) is 1. The molecule has 0 bridgehead atoms. The fourth-order valence-corrected chi connectivity index (χ4v) is 3.58. The van der Waals surface area contributed by atoms with Crippen LogP contribution in [0.1, 0.15) is 42.9 Å². The summed E-state index contributed by atoms with van der Waals surface area (Å²) in [6.45, 7) is 10.1. The molecule has 1 N–H and O–H groups in total. The molecule has 0 unspecified atom stereocenters. The summed E-state index contributed by atoms with van der Waals surface area (Å²) >= 11 is 0. The standard InChI is InChI=1S/C21H31N3O2/c1-4-9-24-14-19(12-22-24)13-23-10-5-8-21(25,15-23)16-26-20-7-6-17(2)18(3)11-20/h6-7,11-12,14,25H,4-5,8-10,13,15-16H2,1-3H3/t21-/m0/s1. The molecule has 5 heteroatoms. The van der Waals surface area contributed by atoms with E-state index >= 15 is 0 Å². The molecule has 1 atom stereocenters. The second-order valence-electron chi connectivity index (χ2n) is 7.68. The van der Waals surface area contributed by atoms with E-state index in [-0.39, 0.29) is 0 Å². The number of aryl methyl sites for hydroxylation is 3. The van der Waals surface area contributed by atoms with Gasteiger partial charge in [0, 0.05) is 31.4 Å². The highest BCUT2D eigenvalue weighted by atomic mass is 16.5. The van der Waals surface area contributed by atoms with Crippen LogP contribution in [-0.2, 0) is 13.1 Å². The van der Waals surface area contributed by atoms with Crippen LogP contribution in [0, 0.1) is 13.8 Å². The van der Waals surface area contributed by atoms with E-state index in [9.17, 15) is 5.11 Å². The van der Waals surface area contributed by atoms with Crippen LogP contribution in [0.5, 0.6) is 5.75 Å². The third kappa shape index (κ3) is 4.86. The Balaban J connectivity index is 1.56. The zero-order valence-electron chi connectivity index (χ0n) is 16.2. The highest BCUT2D eigenvalue weighted by Gasteiger charge is 2.34. The van der Waals surface area contributed by atoms with Gasteiger partial charge in [-0.3, -0.25) is 9.58 Å². The molecule has 1 saturated heterocycles. The average Bonchev–Trinajstić information content (AvgIpc) is 3.03. The Morgan fingerprint density at radius 3 is 2.88 bits per heavy atom. The minimum atomic E-state index is -0.795. The predicted octanol–water partition coefficient (Wildman–Crippen LogP) is 3.32. The molecule has 1 fully saturated rings. The Kier molecular flexibility index (Phi) is 5.99. The number of aliphatic hydroxyl groups is 1. The summed E-state index contributed by atoms with van der Waals surface area (Å²) in [5.74, 6) is 0.833. The molecule has 0 aliphatic carbocycles. The maximum Gasteiger partial charge on any atom is 0.119 e. The monoisotopic (exact) mass is 357 g/mol. The first-order valence-corrected chi connectivity index (χ1v) is 9.63. The van der Waals surface area contributed by atoms with Crippen molar-refractivity contribution in [2.75, 3.05) is 19.7 Å². The fourth-order valence-electron chi connectivity index (χ4n) is 3.58. The van der Waals surface area contributed by atoms with Gasteiger partial charge in [-0.15, -0.1) is 0 Å². The summed E-state index contributed by atoms with van der Waals surface area (Å²) in [5, 5.41) is 15.4. The minimum Gasteiger partial charge on any atom is -0.491 e. The summed E-state index contributed by atoms with van der Waals surface area (Å²) in [6, 6.07) is 6.09. The van der Waals surface area contributed by atoms with Gasteiger partial charge in [-0.1, -0.05) is 13.0 Å². The number of hydrogen-bond acceptors (Lipinski definition) is 4. The summed E-state index contributed by atoms with van der Waals surface area (Å²) in [7, 11) is 0. The van der Waals surface area contributed by atoms with E-state index in [0.717, 1.165) is 44.6 Å². The maximum absolute atomic E-state index is 11.0. The Morgan fingerprint density at radius 1 is 1.27 bits per heavy atom. The number of piperidine rings is 1. The molecule has 26 heavy (non-hydrogen) atoms.